The Morgan fingerprint density at radius 2 is 1.63 bits per heavy atom. The third-order valence-electron chi connectivity index (χ3n) is 5.79. The minimum Gasteiger partial charge on any atom is -1.00 e. The molecule has 0 atom stereocenters. The van der Waals surface area contributed by atoms with E-state index in [9.17, 15) is 9.59 Å². The first-order chi connectivity index (χ1) is 14.1. The van der Waals surface area contributed by atoms with E-state index in [1.807, 2.05) is 24.3 Å². The Balaban J connectivity index is 0.00000218. The van der Waals surface area contributed by atoms with Gasteiger partial charge in [0.15, 0.2) is 5.69 Å². The average molecular weight is 487 g/mol. The first-order valence-electron chi connectivity index (χ1n) is 9.96. The quantitative estimate of drug-likeness (QED) is 0.394. The van der Waals surface area contributed by atoms with Crippen molar-refractivity contribution in [2.75, 3.05) is 6.54 Å². The van der Waals surface area contributed by atoms with E-state index in [1.165, 1.54) is 16.4 Å². The Morgan fingerprint density at radius 1 is 0.967 bits per heavy atom. The third kappa shape index (κ3) is 3.48. The van der Waals surface area contributed by atoms with Gasteiger partial charge in [-0.15, -0.1) is 0 Å². The summed E-state index contributed by atoms with van der Waals surface area (Å²) in [6.07, 6.45) is 5.09. The molecule has 0 saturated carbocycles. The number of hydrogen-bond donors (Lipinski definition) is 0. The standard InChI is InChI=1S/C23H21ClN3O2.BrH/c24-17-10-8-16(9-11-17)20-15-25(21-7-3-13-26(20)21)12-4-14-27-22(28)18-5-1-2-6-19(18)23(27)29;/h1-2,5-6,8-11,15H,3-4,7,12-14H2;1H/q+1;/p-1. The monoisotopic (exact) mass is 485 g/mol. The van der Waals surface area contributed by atoms with Crippen LogP contribution in [0.3, 0.4) is 0 Å². The summed E-state index contributed by atoms with van der Waals surface area (Å²) in [5.41, 5.74) is 3.37. The molecule has 154 valence electrons. The zero-order chi connectivity index (χ0) is 20.0. The van der Waals surface area contributed by atoms with Crippen molar-refractivity contribution in [2.24, 2.45) is 0 Å². The van der Waals surface area contributed by atoms with E-state index in [2.05, 4.69) is 15.3 Å². The summed E-state index contributed by atoms with van der Waals surface area (Å²) in [6, 6.07) is 15.0. The summed E-state index contributed by atoms with van der Waals surface area (Å²) >= 11 is 6.04. The van der Waals surface area contributed by atoms with Crippen LogP contribution in [0.1, 0.15) is 39.4 Å². The first kappa shape index (κ1) is 20.8. The van der Waals surface area contributed by atoms with Gasteiger partial charge in [0.1, 0.15) is 6.20 Å². The Labute approximate surface area is 190 Å². The van der Waals surface area contributed by atoms with Crippen LogP contribution in [0.2, 0.25) is 5.02 Å². The van der Waals surface area contributed by atoms with E-state index in [0.29, 0.717) is 17.7 Å². The van der Waals surface area contributed by atoms with Crippen molar-refractivity contribution in [1.82, 2.24) is 9.47 Å². The molecule has 0 bridgehead atoms. The van der Waals surface area contributed by atoms with E-state index in [-0.39, 0.29) is 28.8 Å². The van der Waals surface area contributed by atoms with Gasteiger partial charge in [0.25, 0.3) is 17.6 Å². The summed E-state index contributed by atoms with van der Waals surface area (Å²) in [5.74, 6) is 0.941. The highest BCUT2D eigenvalue weighted by Gasteiger charge is 2.35. The Kier molecular flexibility index (Phi) is 5.80. The fourth-order valence-corrected chi connectivity index (χ4v) is 4.52. The van der Waals surface area contributed by atoms with Crippen molar-refractivity contribution < 1.29 is 31.1 Å². The first-order valence-corrected chi connectivity index (χ1v) is 10.3. The van der Waals surface area contributed by atoms with Crippen LogP contribution in [0.5, 0.6) is 0 Å². The number of hydrogen-bond acceptors (Lipinski definition) is 2. The summed E-state index contributed by atoms with van der Waals surface area (Å²) < 4.78 is 4.64. The Bertz CT molecular complexity index is 1090. The Morgan fingerprint density at radius 3 is 2.30 bits per heavy atom. The number of nitrogens with zero attached hydrogens (tertiary/aromatic N) is 3. The molecule has 2 aliphatic heterocycles. The predicted octanol–water partition coefficient (Wildman–Crippen LogP) is 0.732. The number of benzene rings is 2. The molecule has 0 spiro atoms. The molecule has 0 N–H and O–H groups in total. The molecule has 0 fully saturated rings. The van der Waals surface area contributed by atoms with Gasteiger partial charge in [-0.3, -0.25) is 14.5 Å². The van der Waals surface area contributed by atoms with Gasteiger partial charge in [-0.25, -0.2) is 9.13 Å². The number of amides is 2. The third-order valence-corrected chi connectivity index (χ3v) is 6.05. The van der Waals surface area contributed by atoms with Gasteiger partial charge >= 0.3 is 0 Å². The second-order valence-corrected chi connectivity index (χ2v) is 7.98. The van der Waals surface area contributed by atoms with E-state index in [4.69, 9.17) is 11.6 Å². The van der Waals surface area contributed by atoms with Crippen molar-refractivity contribution >= 4 is 23.4 Å². The van der Waals surface area contributed by atoms with Crippen molar-refractivity contribution in [2.45, 2.75) is 32.4 Å². The molecule has 1 aromatic heterocycles. The Hall–Kier alpha value is -2.44. The van der Waals surface area contributed by atoms with Crippen LogP contribution in [-0.2, 0) is 19.5 Å². The molecule has 2 aromatic carbocycles. The molecular weight excluding hydrogens is 466 g/mol. The number of imidazole rings is 1. The van der Waals surface area contributed by atoms with Crippen LogP contribution in [0.15, 0.2) is 54.7 Å². The highest BCUT2D eigenvalue weighted by molar-refractivity contribution is 6.30. The van der Waals surface area contributed by atoms with Crippen LogP contribution < -0.4 is 21.5 Å². The highest BCUT2D eigenvalue weighted by Crippen LogP contribution is 2.26. The van der Waals surface area contributed by atoms with E-state index >= 15 is 0 Å². The molecule has 30 heavy (non-hydrogen) atoms. The average Bonchev–Trinajstić information content (AvgIpc) is 3.40. The number of halogens is 2. The van der Waals surface area contributed by atoms with Gasteiger partial charge in [0.05, 0.1) is 30.6 Å². The molecule has 0 unspecified atom stereocenters. The van der Waals surface area contributed by atoms with E-state index < -0.39 is 0 Å². The lowest BCUT2D eigenvalue weighted by Crippen LogP contribution is -3.00. The molecule has 0 aliphatic carbocycles. The van der Waals surface area contributed by atoms with E-state index in [0.717, 1.165) is 42.9 Å². The molecule has 0 radical (unpaired) electrons. The minimum absolute atomic E-state index is 0. The number of carbonyl (C=O) groups excluding carboxylic acids is 2. The zero-order valence-corrected chi connectivity index (χ0v) is 18.7. The van der Waals surface area contributed by atoms with Crippen molar-refractivity contribution in [1.29, 1.82) is 0 Å². The van der Waals surface area contributed by atoms with Gasteiger partial charge in [-0.1, -0.05) is 23.7 Å². The summed E-state index contributed by atoms with van der Waals surface area (Å²) in [7, 11) is 0. The number of aryl methyl sites for hydroxylation is 1. The predicted molar refractivity (Wildman–Crippen MR) is 110 cm³/mol. The number of rotatable bonds is 5. The van der Waals surface area contributed by atoms with Crippen molar-refractivity contribution in [3.63, 3.8) is 0 Å². The van der Waals surface area contributed by atoms with Gasteiger partial charge < -0.3 is 17.0 Å². The maximum atomic E-state index is 12.5. The van der Waals surface area contributed by atoms with Gasteiger partial charge in [0.2, 0.25) is 0 Å². The lowest BCUT2D eigenvalue weighted by atomic mass is 10.1. The molecule has 7 heteroatoms. The lowest BCUT2D eigenvalue weighted by Gasteiger charge is -2.12. The fraction of sp³-hybridized carbons (Fsp3) is 0.261. The van der Waals surface area contributed by atoms with Crippen LogP contribution in [0.25, 0.3) is 11.3 Å². The van der Waals surface area contributed by atoms with Crippen LogP contribution in [0.4, 0.5) is 0 Å². The molecule has 2 aliphatic rings. The van der Waals surface area contributed by atoms with Crippen molar-refractivity contribution in [3.05, 3.63) is 76.7 Å². The number of fused-ring (bicyclic) bond motifs is 2. The normalized spacial score (nSPS) is 14.6. The van der Waals surface area contributed by atoms with Crippen LogP contribution in [-0.4, -0.2) is 27.8 Å². The minimum atomic E-state index is -0.181. The maximum absolute atomic E-state index is 12.5. The summed E-state index contributed by atoms with van der Waals surface area (Å²) in [5, 5.41) is 0.732. The summed E-state index contributed by atoms with van der Waals surface area (Å²) in [6.45, 7) is 2.22. The smallest absolute Gasteiger partial charge is 0.261 e. The molecule has 5 rings (SSSR count). The highest BCUT2D eigenvalue weighted by atomic mass is 79.9. The van der Waals surface area contributed by atoms with Gasteiger partial charge in [-0.05, 0) is 42.8 Å². The molecule has 3 aromatic rings. The van der Waals surface area contributed by atoms with Crippen LogP contribution in [0, 0.1) is 0 Å². The lowest BCUT2D eigenvalue weighted by molar-refractivity contribution is -0.703. The number of aromatic nitrogens is 2. The van der Waals surface area contributed by atoms with E-state index in [1.54, 1.807) is 24.3 Å². The molecular formula is C23H21BrClN3O2. The zero-order valence-electron chi connectivity index (χ0n) is 16.4. The number of carbonyl (C=O) groups is 2. The van der Waals surface area contributed by atoms with Crippen LogP contribution >= 0.6 is 11.6 Å². The second kappa shape index (κ2) is 8.36. The summed E-state index contributed by atoms with van der Waals surface area (Å²) in [4.78, 5) is 26.5. The molecule has 2 amide bonds. The molecule has 0 saturated heterocycles. The maximum Gasteiger partial charge on any atom is 0.261 e. The topological polar surface area (TPSA) is 46.2 Å². The second-order valence-electron chi connectivity index (χ2n) is 7.55. The van der Waals surface area contributed by atoms with Gasteiger partial charge in [-0.2, -0.15) is 0 Å². The molecule has 3 heterocycles. The van der Waals surface area contributed by atoms with Crippen molar-refractivity contribution in [3.8, 4) is 11.3 Å². The molecule has 5 nitrogen and oxygen atoms in total. The number of imide groups is 1. The SMILES string of the molecule is O=C1c2ccccc2C(=O)N1CCC[n+]1cc(-c2ccc(Cl)cc2)n2c1CCC2.[Br-]. The fourth-order valence-electron chi connectivity index (χ4n) is 4.40. The van der Waals surface area contributed by atoms with Gasteiger partial charge in [0, 0.05) is 23.6 Å². The largest absolute Gasteiger partial charge is 1.00 e.